The van der Waals surface area contributed by atoms with Crippen LogP contribution in [0.15, 0.2) is 0 Å². The number of nitrogens with zero attached hydrogens (tertiary/aromatic N) is 2. The highest BCUT2D eigenvalue weighted by Gasteiger charge is 2.30. The van der Waals surface area contributed by atoms with Gasteiger partial charge in [-0.25, -0.2) is 0 Å². The van der Waals surface area contributed by atoms with Gasteiger partial charge in [-0.15, -0.1) is 0 Å². The Hall–Kier alpha value is -1.14. The molecule has 0 spiro atoms. The van der Waals surface area contributed by atoms with Gasteiger partial charge in [0.15, 0.2) is 0 Å². The van der Waals surface area contributed by atoms with Gasteiger partial charge < -0.3 is 15.3 Å². The summed E-state index contributed by atoms with van der Waals surface area (Å²) in [7, 11) is 0. The molecule has 2 atom stereocenters. The summed E-state index contributed by atoms with van der Waals surface area (Å²) in [4.78, 5) is 27.2. The van der Waals surface area contributed by atoms with Crippen molar-refractivity contribution in [3.8, 4) is 0 Å². The third-order valence-electron chi connectivity index (χ3n) is 4.39. The number of carboxylic acids is 1. The molecule has 20 heavy (non-hydrogen) atoms. The van der Waals surface area contributed by atoms with Crippen LogP contribution in [0.1, 0.15) is 32.6 Å². The van der Waals surface area contributed by atoms with E-state index in [9.17, 15) is 9.59 Å². The zero-order valence-electron chi connectivity index (χ0n) is 12.2. The third kappa shape index (κ3) is 3.70. The Morgan fingerprint density at radius 3 is 2.50 bits per heavy atom. The van der Waals surface area contributed by atoms with Crippen molar-refractivity contribution in [1.29, 1.82) is 0 Å². The molecule has 1 amide bonds. The second-order valence-corrected chi connectivity index (χ2v) is 5.73. The monoisotopic (exact) mass is 283 g/mol. The Bertz CT molecular complexity index is 346. The van der Waals surface area contributed by atoms with Gasteiger partial charge in [0, 0.05) is 26.2 Å². The molecule has 114 valence electrons. The maximum atomic E-state index is 12.4. The van der Waals surface area contributed by atoms with Gasteiger partial charge in [-0.05, 0) is 26.3 Å². The van der Waals surface area contributed by atoms with E-state index in [2.05, 4.69) is 5.32 Å². The number of hydrogen-bond donors (Lipinski definition) is 2. The smallest absolute Gasteiger partial charge is 0.320 e. The van der Waals surface area contributed by atoms with Gasteiger partial charge in [-0.1, -0.05) is 12.8 Å². The van der Waals surface area contributed by atoms with Gasteiger partial charge >= 0.3 is 5.97 Å². The number of rotatable bonds is 3. The summed E-state index contributed by atoms with van der Waals surface area (Å²) in [5, 5.41) is 12.3. The van der Waals surface area contributed by atoms with E-state index >= 15 is 0 Å². The van der Waals surface area contributed by atoms with E-state index < -0.39 is 12.0 Å². The lowest BCUT2D eigenvalue weighted by molar-refractivity contribution is -0.144. The topological polar surface area (TPSA) is 72.9 Å². The molecule has 2 N–H and O–H groups in total. The fourth-order valence-electron chi connectivity index (χ4n) is 2.95. The van der Waals surface area contributed by atoms with Gasteiger partial charge in [0.05, 0.1) is 6.04 Å². The van der Waals surface area contributed by atoms with Crippen molar-refractivity contribution in [1.82, 2.24) is 15.1 Å². The molecule has 6 heteroatoms. The van der Waals surface area contributed by atoms with Crippen LogP contribution in [0.4, 0.5) is 0 Å². The van der Waals surface area contributed by atoms with Crippen LogP contribution in [0.3, 0.4) is 0 Å². The van der Waals surface area contributed by atoms with Crippen LogP contribution >= 0.6 is 0 Å². The maximum Gasteiger partial charge on any atom is 0.320 e. The van der Waals surface area contributed by atoms with Crippen LogP contribution in [0, 0.1) is 0 Å². The minimum atomic E-state index is -0.796. The highest BCUT2D eigenvalue weighted by Crippen LogP contribution is 2.13. The summed E-state index contributed by atoms with van der Waals surface area (Å²) >= 11 is 0. The molecule has 0 aromatic heterocycles. The van der Waals surface area contributed by atoms with E-state index in [1.165, 1.54) is 6.42 Å². The molecule has 0 aliphatic carbocycles. The number of amides is 1. The van der Waals surface area contributed by atoms with Gasteiger partial charge in [0.2, 0.25) is 5.91 Å². The lowest BCUT2D eigenvalue weighted by Gasteiger charge is -2.38. The van der Waals surface area contributed by atoms with E-state index in [-0.39, 0.29) is 11.9 Å². The number of piperazine rings is 1. The summed E-state index contributed by atoms with van der Waals surface area (Å²) < 4.78 is 0. The quantitative estimate of drug-likeness (QED) is 0.770. The van der Waals surface area contributed by atoms with Crippen molar-refractivity contribution in [2.45, 2.75) is 44.7 Å². The van der Waals surface area contributed by atoms with Gasteiger partial charge in [0.1, 0.15) is 6.04 Å². The molecule has 2 unspecified atom stereocenters. The van der Waals surface area contributed by atoms with Crippen molar-refractivity contribution in [3.05, 3.63) is 0 Å². The first kappa shape index (κ1) is 15.3. The van der Waals surface area contributed by atoms with Crippen LogP contribution in [-0.2, 0) is 9.59 Å². The van der Waals surface area contributed by atoms with Crippen LogP contribution in [0.2, 0.25) is 0 Å². The Kier molecular flexibility index (Phi) is 5.37. The lowest BCUT2D eigenvalue weighted by Crippen LogP contribution is -2.56. The lowest BCUT2D eigenvalue weighted by atomic mass is 10.1. The minimum Gasteiger partial charge on any atom is -0.480 e. The number of carboxylic acid groups (broad SMARTS) is 1. The molecule has 0 aromatic carbocycles. The Morgan fingerprint density at radius 2 is 1.85 bits per heavy atom. The van der Waals surface area contributed by atoms with E-state index in [0.29, 0.717) is 26.2 Å². The second kappa shape index (κ2) is 7.04. The molecule has 2 fully saturated rings. The number of nitrogens with one attached hydrogen (secondary N) is 1. The molecule has 0 aromatic rings. The summed E-state index contributed by atoms with van der Waals surface area (Å²) in [5.74, 6) is -0.607. The molecule has 2 saturated heterocycles. The van der Waals surface area contributed by atoms with Crippen molar-refractivity contribution in [2.24, 2.45) is 0 Å². The van der Waals surface area contributed by atoms with Crippen molar-refractivity contribution in [2.75, 3.05) is 32.7 Å². The summed E-state index contributed by atoms with van der Waals surface area (Å²) in [5.41, 5.74) is 0. The highest BCUT2D eigenvalue weighted by atomic mass is 16.4. The Morgan fingerprint density at radius 1 is 1.15 bits per heavy atom. The first-order chi connectivity index (χ1) is 9.59. The van der Waals surface area contributed by atoms with Crippen LogP contribution in [0.5, 0.6) is 0 Å². The predicted octanol–water partition coefficient (Wildman–Crippen LogP) is 0.136. The van der Waals surface area contributed by atoms with Crippen molar-refractivity contribution >= 4 is 11.9 Å². The van der Waals surface area contributed by atoms with E-state index in [1.807, 2.05) is 9.80 Å². The molecule has 0 radical (unpaired) electrons. The number of carbonyl (C=O) groups is 2. The number of hydrogen-bond acceptors (Lipinski definition) is 4. The average Bonchev–Trinajstić information content (AvgIpc) is 2.75. The zero-order valence-corrected chi connectivity index (χ0v) is 12.2. The normalized spacial score (nSPS) is 26.9. The molecular weight excluding hydrogens is 258 g/mol. The van der Waals surface area contributed by atoms with Gasteiger partial charge in [-0.3, -0.25) is 14.5 Å². The largest absolute Gasteiger partial charge is 0.480 e. The first-order valence-corrected chi connectivity index (χ1v) is 7.58. The second-order valence-electron chi connectivity index (χ2n) is 5.73. The SMILES string of the molecule is CC(C(=O)O)N1CCN(C(=O)C2CCCCCN2)CC1. The standard InChI is InChI=1S/C14H25N3O3/c1-11(14(19)20)16-7-9-17(10-8-16)13(18)12-5-3-2-4-6-15-12/h11-12,15H,2-10H2,1H3,(H,19,20). The van der Waals surface area contributed by atoms with Crippen molar-refractivity contribution in [3.63, 3.8) is 0 Å². The Balaban J connectivity index is 1.83. The van der Waals surface area contributed by atoms with Gasteiger partial charge in [-0.2, -0.15) is 0 Å². The molecule has 2 aliphatic heterocycles. The van der Waals surface area contributed by atoms with Crippen molar-refractivity contribution < 1.29 is 14.7 Å². The third-order valence-corrected chi connectivity index (χ3v) is 4.39. The molecule has 0 saturated carbocycles. The molecule has 0 bridgehead atoms. The molecule has 2 rings (SSSR count). The summed E-state index contributed by atoms with van der Waals surface area (Å²) in [6, 6.07) is -0.510. The van der Waals surface area contributed by atoms with E-state index in [0.717, 1.165) is 25.8 Å². The van der Waals surface area contributed by atoms with E-state index in [1.54, 1.807) is 6.92 Å². The summed E-state index contributed by atoms with van der Waals surface area (Å²) in [6.45, 7) is 5.18. The molecule has 6 nitrogen and oxygen atoms in total. The Labute approximate surface area is 120 Å². The predicted molar refractivity (Wildman–Crippen MR) is 75.5 cm³/mol. The number of carbonyl (C=O) groups excluding carboxylic acids is 1. The number of aliphatic carboxylic acids is 1. The average molecular weight is 283 g/mol. The van der Waals surface area contributed by atoms with E-state index in [4.69, 9.17) is 5.11 Å². The van der Waals surface area contributed by atoms with Crippen LogP contribution < -0.4 is 5.32 Å². The molecule has 2 aliphatic rings. The molecular formula is C14H25N3O3. The zero-order chi connectivity index (χ0) is 14.5. The highest BCUT2D eigenvalue weighted by molar-refractivity contribution is 5.82. The fourth-order valence-corrected chi connectivity index (χ4v) is 2.95. The minimum absolute atomic E-state index is 0.0408. The molecule has 2 heterocycles. The van der Waals surface area contributed by atoms with Crippen LogP contribution in [-0.4, -0.2) is 71.6 Å². The van der Waals surface area contributed by atoms with Crippen LogP contribution in [0.25, 0.3) is 0 Å². The van der Waals surface area contributed by atoms with Gasteiger partial charge in [0.25, 0.3) is 0 Å². The summed E-state index contributed by atoms with van der Waals surface area (Å²) in [6.07, 6.45) is 4.37. The first-order valence-electron chi connectivity index (χ1n) is 7.58. The fraction of sp³-hybridized carbons (Fsp3) is 0.857. The maximum absolute atomic E-state index is 12.4.